The molecule has 0 saturated carbocycles. The first kappa shape index (κ1) is 16.2. The summed E-state index contributed by atoms with van der Waals surface area (Å²) in [6.07, 6.45) is 2.12. The molecule has 0 spiro atoms. The monoisotopic (exact) mass is 309 g/mol. The van der Waals surface area contributed by atoms with Gasteiger partial charge in [-0.3, -0.25) is 9.59 Å². The van der Waals surface area contributed by atoms with Crippen molar-refractivity contribution >= 4 is 17.7 Å². The number of carbonyl (C=O) groups is 2. The molecule has 1 aliphatic heterocycles. The molecule has 22 heavy (non-hydrogen) atoms. The van der Waals surface area contributed by atoms with E-state index in [9.17, 15) is 14.0 Å². The summed E-state index contributed by atoms with van der Waals surface area (Å²) in [5, 5.41) is 11.8. The van der Waals surface area contributed by atoms with Crippen LogP contribution in [0.4, 0.5) is 10.2 Å². The van der Waals surface area contributed by atoms with Crippen molar-refractivity contribution in [1.82, 2.24) is 10.3 Å². The summed E-state index contributed by atoms with van der Waals surface area (Å²) in [6, 6.07) is 2.75. The van der Waals surface area contributed by atoms with E-state index in [1.54, 1.807) is 4.90 Å². The molecule has 0 unspecified atom stereocenters. The van der Waals surface area contributed by atoms with E-state index in [0.29, 0.717) is 19.5 Å². The third-order valence-electron chi connectivity index (χ3n) is 3.77. The summed E-state index contributed by atoms with van der Waals surface area (Å²) < 4.78 is 13.7. The van der Waals surface area contributed by atoms with Crippen molar-refractivity contribution in [2.45, 2.75) is 32.7 Å². The van der Waals surface area contributed by atoms with Gasteiger partial charge in [-0.2, -0.15) is 0 Å². The van der Waals surface area contributed by atoms with Crippen LogP contribution in [0.3, 0.4) is 0 Å². The number of hydrogen-bond donors (Lipinski definition) is 2. The smallest absolute Gasteiger partial charge is 0.309 e. The first-order valence-electron chi connectivity index (χ1n) is 7.18. The molecule has 0 bridgehead atoms. The van der Waals surface area contributed by atoms with Crippen molar-refractivity contribution in [3.63, 3.8) is 0 Å². The van der Waals surface area contributed by atoms with E-state index in [4.69, 9.17) is 5.11 Å². The third kappa shape index (κ3) is 3.72. The summed E-state index contributed by atoms with van der Waals surface area (Å²) >= 11 is 0. The molecule has 2 rings (SSSR count). The van der Waals surface area contributed by atoms with Gasteiger partial charge in [-0.05, 0) is 32.4 Å². The van der Waals surface area contributed by atoms with Gasteiger partial charge in [0, 0.05) is 31.7 Å². The molecule has 0 aromatic carbocycles. The van der Waals surface area contributed by atoms with Crippen LogP contribution in [0.1, 0.15) is 26.7 Å². The number of hydrogen-bond acceptors (Lipinski definition) is 4. The Labute approximate surface area is 128 Å². The van der Waals surface area contributed by atoms with Gasteiger partial charge in [-0.25, -0.2) is 9.37 Å². The highest BCUT2D eigenvalue weighted by Crippen LogP contribution is 2.23. The van der Waals surface area contributed by atoms with E-state index < -0.39 is 11.4 Å². The fourth-order valence-electron chi connectivity index (χ4n) is 2.44. The molecule has 0 radical (unpaired) electrons. The van der Waals surface area contributed by atoms with Crippen LogP contribution < -0.4 is 10.2 Å². The van der Waals surface area contributed by atoms with Gasteiger partial charge in [-0.15, -0.1) is 0 Å². The van der Waals surface area contributed by atoms with Gasteiger partial charge in [0.15, 0.2) is 11.6 Å². The van der Waals surface area contributed by atoms with E-state index in [-0.39, 0.29) is 30.0 Å². The largest absolute Gasteiger partial charge is 0.481 e. The number of carboxylic acids is 1. The summed E-state index contributed by atoms with van der Waals surface area (Å²) in [7, 11) is 0. The number of carboxylic acid groups (broad SMARTS) is 1. The van der Waals surface area contributed by atoms with E-state index in [2.05, 4.69) is 10.3 Å². The van der Waals surface area contributed by atoms with Gasteiger partial charge in [-0.1, -0.05) is 0 Å². The quantitative estimate of drug-likeness (QED) is 0.859. The molecule has 1 atom stereocenters. The Hall–Kier alpha value is -2.18. The molecule has 2 heterocycles. The van der Waals surface area contributed by atoms with Gasteiger partial charge in [0.05, 0.1) is 5.41 Å². The lowest BCUT2D eigenvalue weighted by Gasteiger charge is -2.21. The summed E-state index contributed by atoms with van der Waals surface area (Å²) in [5.41, 5.74) is -1.10. The van der Waals surface area contributed by atoms with Crippen molar-refractivity contribution in [1.29, 1.82) is 0 Å². The molecule has 2 N–H and O–H groups in total. The van der Waals surface area contributed by atoms with Crippen LogP contribution >= 0.6 is 0 Å². The molecule has 6 nitrogen and oxygen atoms in total. The fourth-order valence-corrected chi connectivity index (χ4v) is 2.44. The van der Waals surface area contributed by atoms with Crippen LogP contribution in [-0.4, -0.2) is 41.1 Å². The molecule has 1 saturated heterocycles. The Balaban J connectivity index is 1.90. The Morgan fingerprint density at radius 3 is 2.91 bits per heavy atom. The number of halogens is 1. The van der Waals surface area contributed by atoms with E-state index in [0.717, 1.165) is 0 Å². The number of nitrogens with one attached hydrogen (secondary N) is 1. The second-order valence-electron chi connectivity index (χ2n) is 6.17. The number of rotatable bonds is 5. The van der Waals surface area contributed by atoms with Crippen molar-refractivity contribution in [3.8, 4) is 0 Å². The average Bonchev–Trinajstić information content (AvgIpc) is 2.86. The van der Waals surface area contributed by atoms with E-state index in [1.165, 1.54) is 32.2 Å². The molecule has 7 heteroatoms. The Morgan fingerprint density at radius 2 is 2.27 bits per heavy atom. The zero-order valence-corrected chi connectivity index (χ0v) is 12.7. The van der Waals surface area contributed by atoms with E-state index in [1.807, 2.05) is 0 Å². The number of carbonyl (C=O) groups excluding carboxylic acids is 1. The molecular weight excluding hydrogens is 289 g/mol. The lowest BCUT2D eigenvalue weighted by atomic mass is 9.89. The van der Waals surface area contributed by atoms with Gasteiger partial charge < -0.3 is 15.3 Å². The normalized spacial score (nSPS) is 18.3. The molecule has 1 aliphatic rings. The zero-order valence-electron chi connectivity index (χ0n) is 12.7. The maximum absolute atomic E-state index is 13.7. The predicted octanol–water partition coefficient (Wildman–Crippen LogP) is 1.42. The van der Waals surface area contributed by atoms with Crippen LogP contribution in [0, 0.1) is 11.2 Å². The lowest BCUT2D eigenvalue weighted by molar-refractivity contribution is -0.149. The minimum absolute atomic E-state index is 0.0865. The zero-order chi connectivity index (χ0) is 16.3. The molecule has 1 aromatic rings. The fraction of sp³-hybridized carbons (Fsp3) is 0.533. The Morgan fingerprint density at radius 1 is 1.55 bits per heavy atom. The predicted molar refractivity (Wildman–Crippen MR) is 79.0 cm³/mol. The van der Waals surface area contributed by atoms with Crippen molar-refractivity contribution in [2.24, 2.45) is 5.41 Å². The second-order valence-corrected chi connectivity index (χ2v) is 6.17. The summed E-state index contributed by atoms with van der Waals surface area (Å²) in [6.45, 7) is 4.09. The topological polar surface area (TPSA) is 82.5 Å². The molecule has 1 aromatic heterocycles. The highest BCUT2D eigenvalue weighted by atomic mass is 19.1. The van der Waals surface area contributed by atoms with Crippen molar-refractivity contribution < 1.29 is 19.1 Å². The lowest BCUT2D eigenvalue weighted by Crippen LogP contribution is -2.40. The number of anilines is 1. The third-order valence-corrected chi connectivity index (χ3v) is 3.77. The van der Waals surface area contributed by atoms with Gasteiger partial charge in [0.2, 0.25) is 5.91 Å². The van der Waals surface area contributed by atoms with Crippen LogP contribution in [0.5, 0.6) is 0 Å². The Kier molecular flexibility index (Phi) is 4.63. The van der Waals surface area contributed by atoms with Gasteiger partial charge in [0.1, 0.15) is 0 Å². The minimum atomic E-state index is -1.10. The second kappa shape index (κ2) is 6.29. The van der Waals surface area contributed by atoms with Crippen LogP contribution in [0.25, 0.3) is 0 Å². The van der Waals surface area contributed by atoms with Gasteiger partial charge >= 0.3 is 5.97 Å². The van der Waals surface area contributed by atoms with Crippen LogP contribution in [0.15, 0.2) is 18.3 Å². The van der Waals surface area contributed by atoms with Crippen molar-refractivity contribution in [2.75, 3.05) is 18.0 Å². The summed E-state index contributed by atoms with van der Waals surface area (Å²) in [5.74, 6) is -1.42. The number of amides is 1. The average molecular weight is 309 g/mol. The Bertz CT molecular complexity index is 577. The minimum Gasteiger partial charge on any atom is -0.481 e. The molecule has 120 valence electrons. The number of nitrogens with zero attached hydrogens (tertiary/aromatic N) is 2. The SMILES string of the molecule is CC(C)(CC(=O)N[C@@H]1CCN(c2ncccc2F)C1)C(=O)O. The maximum atomic E-state index is 13.7. The molecule has 1 amide bonds. The number of aliphatic carboxylic acids is 1. The molecule has 0 aliphatic carbocycles. The highest BCUT2D eigenvalue weighted by molar-refractivity contribution is 5.84. The number of aromatic nitrogens is 1. The summed E-state index contributed by atoms with van der Waals surface area (Å²) in [4.78, 5) is 28.8. The molecular formula is C15H20FN3O3. The first-order valence-corrected chi connectivity index (χ1v) is 7.18. The standard InChI is InChI=1S/C15H20FN3O3/c1-15(2,14(21)22)8-12(20)18-10-5-7-19(9-10)13-11(16)4-3-6-17-13/h3-4,6,10H,5,7-9H2,1-2H3,(H,18,20)(H,21,22)/t10-/m1/s1. The van der Waals surface area contributed by atoms with Gasteiger partial charge in [0.25, 0.3) is 0 Å². The first-order chi connectivity index (χ1) is 10.3. The number of pyridine rings is 1. The van der Waals surface area contributed by atoms with E-state index >= 15 is 0 Å². The van der Waals surface area contributed by atoms with Crippen LogP contribution in [-0.2, 0) is 9.59 Å². The van der Waals surface area contributed by atoms with Crippen molar-refractivity contribution in [3.05, 3.63) is 24.1 Å². The molecule has 1 fully saturated rings. The maximum Gasteiger partial charge on any atom is 0.309 e. The highest BCUT2D eigenvalue weighted by Gasteiger charge is 2.32. The van der Waals surface area contributed by atoms with Crippen LogP contribution in [0.2, 0.25) is 0 Å².